The Morgan fingerprint density at radius 2 is 1.84 bits per heavy atom. The fraction of sp³-hybridized carbons (Fsp3) is 0.478. The lowest BCUT2D eigenvalue weighted by Gasteiger charge is -2.28. The molecule has 162 valence electrons. The maximum atomic E-state index is 11.1. The Balaban J connectivity index is 1.12. The van der Waals surface area contributed by atoms with Crippen molar-refractivity contribution in [1.29, 1.82) is 0 Å². The SMILES string of the molecule is OC(NC1CCN(c2ncnc3ccsc23)C1)[N+]1(c2ccc(N3CCCC3)cc2)CC1. The normalized spacial score (nSPS) is 23.6. The van der Waals surface area contributed by atoms with Gasteiger partial charge in [-0.05, 0) is 42.8 Å². The van der Waals surface area contributed by atoms with Crippen LogP contribution in [0.5, 0.6) is 0 Å². The minimum atomic E-state index is -0.574. The van der Waals surface area contributed by atoms with E-state index in [-0.39, 0.29) is 6.04 Å². The van der Waals surface area contributed by atoms with Gasteiger partial charge in [-0.2, -0.15) is 0 Å². The van der Waals surface area contributed by atoms with Crippen molar-refractivity contribution >= 4 is 38.7 Å². The second-order valence-electron chi connectivity index (χ2n) is 9.00. The van der Waals surface area contributed by atoms with Gasteiger partial charge >= 0.3 is 0 Å². The molecule has 2 atom stereocenters. The first-order chi connectivity index (χ1) is 15.2. The molecule has 3 aliphatic rings. The molecule has 8 heteroatoms. The summed E-state index contributed by atoms with van der Waals surface area (Å²) in [6.07, 6.45) is 4.66. The van der Waals surface area contributed by atoms with Crippen molar-refractivity contribution in [3.05, 3.63) is 42.0 Å². The Bertz CT molecular complexity index is 1060. The standard InChI is InChI=1S/C23H29N6OS/c30-23(29(12-13-29)19-5-3-18(4-6-19)27-9-1-2-10-27)26-17-7-11-28(15-17)22-21-20(8-14-31-21)24-16-25-22/h3-6,8,14,16-17,23,26,30H,1-2,7,9-13,15H2/q+1. The van der Waals surface area contributed by atoms with Gasteiger partial charge in [-0.1, -0.05) is 0 Å². The van der Waals surface area contributed by atoms with E-state index < -0.39 is 6.35 Å². The average molecular weight is 438 g/mol. The van der Waals surface area contributed by atoms with Crippen molar-refractivity contribution in [2.45, 2.75) is 31.7 Å². The molecule has 6 rings (SSSR count). The van der Waals surface area contributed by atoms with Crippen LogP contribution in [0.3, 0.4) is 0 Å². The number of thiophene rings is 1. The molecule has 0 radical (unpaired) electrons. The molecule has 1 aromatic carbocycles. The van der Waals surface area contributed by atoms with Gasteiger partial charge < -0.3 is 14.9 Å². The summed E-state index contributed by atoms with van der Waals surface area (Å²) >= 11 is 1.69. The van der Waals surface area contributed by atoms with E-state index in [0.717, 1.165) is 61.7 Å². The van der Waals surface area contributed by atoms with Crippen LogP contribution in [0.25, 0.3) is 10.2 Å². The summed E-state index contributed by atoms with van der Waals surface area (Å²) in [7, 11) is 0. The number of aromatic nitrogens is 2. The summed E-state index contributed by atoms with van der Waals surface area (Å²) in [5.41, 5.74) is 3.52. The van der Waals surface area contributed by atoms with Crippen LogP contribution in [0.4, 0.5) is 17.2 Å². The second-order valence-corrected chi connectivity index (χ2v) is 9.91. The summed E-state index contributed by atoms with van der Waals surface area (Å²) in [4.78, 5) is 13.7. The molecule has 7 nitrogen and oxygen atoms in total. The average Bonchev–Trinajstić information content (AvgIpc) is 3.21. The van der Waals surface area contributed by atoms with Crippen LogP contribution in [0.2, 0.25) is 0 Å². The molecule has 0 saturated carbocycles. The minimum Gasteiger partial charge on any atom is -0.372 e. The summed E-state index contributed by atoms with van der Waals surface area (Å²) in [5, 5.41) is 16.7. The summed E-state index contributed by atoms with van der Waals surface area (Å²) in [6.45, 7) is 6.08. The van der Waals surface area contributed by atoms with E-state index in [9.17, 15) is 5.11 Å². The molecule has 3 saturated heterocycles. The zero-order valence-electron chi connectivity index (χ0n) is 17.7. The van der Waals surface area contributed by atoms with Crippen LogP contribution < -0.4 is 19.6 Å². The van der Waals surface area contributed by atoms with Crippen LogP contribution in [0, 0.1) is 0 Å². The molecule has 2 aromatic heterocycles. The quantitative estimate of drug-likeness (QED) is 0.351. The molecular formula is C23H29N6OS+. The van der Waals surface area contributed by atoms with E-state index in [2.05, 4.69) is 54.7 Å². The van der Waals surface area contributed by atoms with Crippen LogP contribution in [-0.4, -0.2) is 66.7 Å². The first-order valence-corrected chi connectivity index (χ1v) is 12.2. The summed E-state index contributed by atoms with van der Waals surface area (Å²) in [6, 6.07) is 11.2. The van der Waals surface area contributed by atoms with Gasteiger partial charge in [0.05, 0.1) is 10.2 Å². The van der Waals surface area contributed by atoms with Gasteiger partial charge in [0, 0.05) is 50.0 Å². The number of hydrogen-bond donors (Lipinski definition) is 2. The number of benzene rings is 1. The number of nitrogens with one attached hydrogen (secondary N) is 1. The van der Waals surface area contributed by atoms with Gasteiger partial charge in [0.1, 0.15) is 30.9 Å². The Hall–Kier alpha value is -2.26. The molecule has 0 spiro atoms. The van der Waals surface area contributed by atoms with E-state index in [0.29, 0.717) is 4.48 Å². The molecule has 0 bridgehead atoms. The van der Waals surface area contributed by atoms with E-state index in [1.807, 2.05) is 6.07 Å². The number of rotatable bonds is 6. The van der Waals surface area contributed by atoms with Gasteiger partial charge in [-0.15, -0.1) is 11.3 Å². The number of anilines is 2. The predicted molar refractivity (Wildman–Crippen MR) is 127 cm³/mol. The first kappa shape index (κ1) is 19.4. The number of aliphatic hydroxyl groups excluding tert-OH is 1. The molecule has 0 amide bonds. The van der Waals surface area contributed by atoms with Crippen molar-refractivity contribution < 1.29 is 5.11 Å². The van der Waals surface area contributed by atoms with Gasteiger partial charge in [0.2, 0.25) is 0 Å². The third kappa shape index (κ3) is 3.47. The molecular weight excluding hydrogens is 408 g/mol. The zero-order valence-corrected chi connectivity index (χ0v) is 18.5. The van der Waals surface area contributed by atoms with Crippen LogP contribution in [0.1, 0.15) is 19.3 Å². The van der Waals surface area contributed by atoms with Crippen LogP contribution in [0.15, 0.2) is 42.0 Å². The number of nitrogens with zero attached hydrogens (tertiary/aromatic N) is 5. The zero-order chi connectivity index (χ0) is 20.8. The van der Waals surface area contributed by atoms with Gasteiger partial charge in [-0.3, -0.25) is 0 Å². The van der Waals surface area contributed by atoms with Crippen molar-refractivity contribution in [2.24, 2.45) is 0 Å². The smallest absolute Gasteiger partial charge is 0.256 e. The molecule has 3 aliphatic heterocycles. The molecule has 2 N–H and O–H groups in total. The van der Waals surface area contributed by atoms with Gasteiger partial charge in [0.15, 0.2) is 0 Å². The predicted octanol–water partition coefficient (Wildman–Crippen LogP) is 2.76. The molecule has 3 fully saturated rings. The van der Waals surface area contributed by atoms with Crippen LogP contribution in [-0.2, 0) is 0 Å². The Kier molecular flexibility index (Phi) is 4.83. The van der Waals surface area contributed by atoms with E-state index in [1.54, 1.807) is 17.7 Å². The second kappa shape index (κ2) is 7.70. The molecule has 5 heterocycles. The largest absolute Gasteiger partial charge is 0.372 e. The first-order valence-electron chi connectivity index (χ1n) is 11.3. The number of aliphatic hydroxyl groups is 1. The summed E-state index contributed by atoms with van der Waals surface area (Å²) < 4.78 is 1.77. The lowest BCUT2D eigenvalue weighted by atomic mass is 10.2. The summed E-state index contributed by atoms with van der Waals surface area (Å²) in [5.74, 6) is 1.02. The fourth-order valence-electron chi connectivity index (χ4n) is 5.13. The lowest BCUT2D eigenvalue weighted by Crippen LogP contribution is -2.53. The highest BCUT2D eigenvalue weighted by molar-refractivity contribution is 7.17. The molecule has 31 heavy (non-hydrogen) atoms. The topological polar surface area (TPSA) is 64.5 Å². The highest BCUT2D eigenvalue weighted by atomic mass is 32.1. The molecule has 0 aliphatic carbocycles. The third-order valence-corrected chi connectivity index (χ3v) is 8.01. The van der Waals surface area contributed by atoms with Crippen molar-refractivity contribution in [3.8, 4) is 0 Å². The number of fused-ring (bicyclic) bond motifs is 1. The lowest BCUT2D eigenvalue weighted by molar-refractivity contribution is 0.0413. The Morgan fingerprint density at radius 3 is 2.61 bits per heavy atom. The van der Waals surface area contributed by atoms with E-state index in [4.69, 9.17) is 0 Å². The Labute approximate surface area is 186 Å². The number of quaternary nitrogens is 1. The fourth-order valence-corrected chi connectivity index (χ4v) is 5.99. The molecule has 3 aromatic rings. The maximum absolute atomic E-state index is 11.1. The van der Waals surface area contributed by atoms with Gasteiger partial charge in [-0.25, -0.2) is 19.8 Å². The van der Waals surface area contributed by atoms with Gasteiger partial charge in [0.25, 0.3) is 6.35 Å². The minimum absolute atomic E-state index is 0.249. The van der Waals surface area contributed by atoms with E-state index in [1.165, 1.54) is 24.2 Å². The van der Waals surface area contributed by atoms with E-state index >= 15 is 0 Å². The highest BCUT2D eigenvalue weighted by Crippen LogP contribution is 2.36. The monoisotopic (exact) mass is 437 g/mol. The molecule has 2 unspecified atom stereocenters. The highest BCUT2D eigenvalue weighted by Gasteiger charge is 2.51. The third-order valence-electron chi connectivity index (χ3n) is 7.11. The van der Waals surface area contributed by atoms with Crippen molar-refractivity contribution in [1.82, 2.24) is 19.8 Å². The van der Waals surface area contributed by atoms with Crippen molar-refractivity contribution in [2.75, 3.05) is 49.1 Å². The Morgan fingerprint density at radius 1 is 1.03 bits per heavy atom. The maximum Gasteiger partial charge on any atom is 0.256 e. The van der Waals surface area contributed by atoms with Crippen molar-refractivity contribution in [3.63, 3.8) is 0 Å². The van der Waals surface area contributed by atoms with Crippen LogP contribution >= 0.6 is 11.3 Å². The number of hydrogen-bond acceptors (Lipinski definition) is 7.